The lowest BCUT2D eigenvalue weighted by molar-refractivity contribution is 0.103. The minimum atomic E-state index is -0.132. The van der Waals surface area contributed by atoms with Crippen LogP contribution in [0.3, 0.4) is 0 Å². The largest absolute Gasteiger partial charge is 0.375 e. The molecule has 0 spiro atoms. The monoisotopic (exact) mass is 351 g/mol. The minimum absolute atomic E-state index is 0.0663. The Morgan fingerprint density at radius 2 is 1.68 bits per heavy atom. The van der Waals surface area contributed by atoms with Crippen molar-refractivity contribution in [2.75, 3.05) is 5.43 Å². The number of aromatic nitrogens is 2. The summed E-state index contributed by atoms with van der Waals surface area (Å²) in [4.78, 5) is 13.0. The Morgan fingerprint density at radius 1 is 1.08 bits per heavy atom. The Labute approximate surface area is 150 Å². The van der Waals surface area contributed by atoms with Crippen molar-refractivity contribution in [1.29, 1.82) is 0 Å². The lowest BCUT2D eigenvalue weighted by Gasteiger charge is -2.12. The Kier molecular flexibility index (Phi) is 4.76. The van der Waals surface area contributed by atoms with Crippen molar-refractivity contribution in [3.63, 3.8) is 0 Å². The maximum absolute atomic E-state index is 13.0. The van der Waals surface area contributed by atoms with Crippen molar-refractivity contribution in [2.24, 2.45) is 5.73 Å². The van der Waals surface area contributed by atoms with E-state index < -0.39 is 0 Å². The molecule has 0 radical (unpaired) electrons. The molecule has 0 fully saturated rings. The summed E-state index contributed by atoms with van der Waals surface area (Å²) in [6.07, 6.45) is 0. The summed E-state index contributed by atoms with van der Waals surface area (Å²) in [5.41, 5.74) is 13.6. The molecular weight excluding hydrogens is 334 g/mol. The summed E-state index contributed by atoms with van der Waals surface area (Å²) in [6.45, 7) is 1.79. The summed E-state index contributed by atoms with van der Waals surface area (Å²) in [7, 11) is 0. The van der Waals surface area contributed by atoms with E-state index in [-0.39, 0.29) is 10.9 Å². The maximum Gasteiger partial charge on any atom is 0.198 e. The van der Waals surface area contributed by atoms with Gasteiger partial charge in [0.1, 0.15) is 0 Å². The van der Waals surface area contributed by atoms with E-state index >= 15 is 0 Å². The number of thiocarbonyl (C=S) groups is 1. The molecule has 0 aliphatic carbocycles. The predicted molar refractivity (Wildman–Crippen MR) is 102 cm³/mol. The van der Waals surface area contributed by atoms with Crippen LogP contribution >= 0.6 is 12.2 Å². The van der Waals surface area contributed by atoms with Gasteiger partial charge in [0, 0.05) is 5.56 Å². The molecule has 25 heavy (non-hydrogen) atoms. The van der Waals surface area contributed by atoms with Crippen LogP contribution < -0.4 is 16.6 Å². The highest BCUT2D eigenvalue weighted by molar-refractivity contribution is 7.80. The number of hydrogen-bond acceptors (Lipinski definition) is 4. The van der Waals surface area contributed by atoms with Gasteiger partial charge in [-0.1, -0.05) is 48.5 Å². The van der Waals surface area contributed by atoms with Gasteiger partial charge in [0.25, 0.3) is 0 Å². The number of hydrogen-bond donors (Lipinski definition) is 3. The van der Waals surface area contributed by atoms with Gasteiger partial charge in [0.15, 0.2) is 16.7 Å². The first-order valence-corrected chi connectivity index (χ1v) is 8.05. The number of hydrazine groups is 1. The number of carbonyl (C=O) groups is 1. The van der Waals surface area contributed by atoms with Crippen molar-refractivity contribution in [1.82, 2.24) is 15.2 Å². The van der Waals surface area contributed by atoms with Crippen LogP contribution in [0.25, 0.3) is 5.69 Å². The SMILES string of the molecule is Cc1nn(-c2ccccc2)c(NNC(N)=S)c1C(=O)c1ccccc1. The minimum Gasteiger partial charge on any atom is -0.375 e. The molecule has 1 aromatic heterocycles. The summed E-state index contributed by atoms with van der Waals surface area (Å²) < 4.78 is 1.65. The third-order valence-electron chi connectivity index (χ3n) is 3.63. The van der Waals surface area contributed by atoms with Crippen LogP contribution in [-0.2, 0) is 0 Å². The van der Waals surface area contributed by atoms with Crippen LogP contribution in [0.2, 0.25) is 0 Å². The highest BCUT2D eigenvalue weighted by Crippen LogP contribution is 2.25. The van der Waals surface area contributed by atoms with Crippen LogP contribution in [0.1, 0.15) is 21.6 Å². The number of rotatable bonds is 5. The van der Waals surface area contributed by atoms with E-state index in [0.717, 1.165) is 5.69 Å². The Morgan fingerprint density at radius 3 is 2.28 bits per heavy atom. The van der Waals surface area contributed by atoms with Crippen molar-refractivity contribution in [3.8, 4) is 5.69 Å². The molecule has 0 amide bonds. The molecule has 4 N–H and O–H groups in total. The molecule has 0 saturated heterocycles. The van der Waals surface area contributed by atoms with Gasteiger partial charge in [0.05, 0.1) is 16.9 Å². The van der Waals surface area contributed by atoms with E-state index in [1.165, 1.54) is 0 Å². The molecule has 0 aliphatic heterocycles. The zero-order chi connectivity index (χ0) is 17.8. The van der Waals surface area contributed by atoms with Gasteiger partial charge in [-0.15, -0.1) is 0 Å². The second-order valence-electron chi connectivity index (χ2n) is 5.37. The summed E-state index contributed by atoms with van der Waals surface area (Å²) in [5, 5.41) is 4.58. The normalized spacial score (nSPS) is 10.3. The molecular formula is C18H17N5OS. The fourth-order valence-electron chi connectivity index (χ4n) is 2.53. The van der Waals surface area contributed by atoms with Crippen molar-refractivity contribution in [2.45, 2.75) is 6.92 Å². The second kappa shape index (κ2) is 7.14. The lowest BCUT2D eigenvalue weighted by atomic mass is 10.0. The van der Waals surface area contributed by atoms with Crippen molar-refractivity contribution >= 4 is 28.9 Å². The Bertz CT molecular complexity index is 906. The molecule has 0 bridgehead atoms. The average Bonchev–Trinajstić information content (AvgIpc) is 2.97. The van der Waals surface area contributed by atoms with Gasteiger partial charge in [0.2, 0.25) is 0 Å². The fraction of sp³-hybridized carbons (Fsp3) is 0.0556. The average molecular weight is 351 g/mol. The molecule has 0 atom stereocenters. The number of anilines is 1. The van der Waals surface area contributed by atoms with Crippen molar-refractivity contribution in [3.05, 3.63) is 77.5 Å². The third kappa shape index (κ3) is 3.51. The van der Waals surface area contributed by atoms with E-state index in [1.807, 2.05) is 48.5 Å². The van der Waals surface area contributed by atoms with Crippen molar-refractivity contribution < 1.29 is 4.79 Å². The quantitative estimate of drug-likeness (QED) is 0.372. The molecule has 2 aromatic carbocycles. The molecule has 6 nitrogen and oxygen atoms in total. The molecule has 7 heteroatoms. The molecule has 0 aliphatic rings. The zero-order valence-electron chi connectivity index (χ0n) is 13.6. The van der Waals surface area contributed by atoms with Crippen LogP contribution in [0.5, 0.6) is 0 Å². The first kappa shape index (κ1) is 16.7. The highest BCUT2D eigenvalue weighted by atomic mass is 32.1. The maximum atomic E-state index is 13.0. The smallest absolute Gasteiger partial charge is 0.198 e. The van der Waals surface area contributed by atoms with E-state index in [2.05, 4.69) is 16.0 Å². The Balaban J connectivity index is 2.12. The third-order valence-corrected chi connectivity index (χ3v) is 3.73. The van der Waals surface area contributed by atoms with Gasteiger partial charge >= 0.3 is 0 Å². The standard InChI is InChI=1S/C18H17N5OS/c1-12-15(16(24)13-8-4-2-5-9-13)17(20-21-18(19)25)23(22-12)14-10-6-3-7-11-14/h2-11,20H,1H3,(H3,19,21,25). The van der Waals surface area contributed by atoms with Crippen LogP contribution in [0, 0.1) is 6.92 Å². The summed E-state index contributed by atoms with van der Waals surface area (Å²) >= 11 is 4.85. The Hall–Kier alpha value is -3.19. The number of para-hydroxylation sites is 1. The van der Waals surface area contributed by atoms with Crippen LogP contribution in [0.4, 0.5) is 5.82 Å². The number of aryl methyl sites for hydroxylation is 1. The van der Waals surface area contributed by atoms with E-state index in [1.54, 1.807) is 23.7 Å². The number of nitrogens with two attached hydrogens (primary N) is 1. The summed E-state index contributed by atoms with van der Waals surface area (Å²) in [6, 6.07) is 18.6. The highest BCUT2D eigenvalue weighted by Gasteiger charge is 2.23. The number of nitrogens with zero attached hydrogens (tertiary/aromatic N) is 2. The topological polar surface area (TPSA) is 85.0 Å². The first-order chi connectivity index (χ1) is 12.1. The van der Waals surface area contributed by atoms with Gasteiger partial charge < -0.3 is 5.73 Å². The van der Waals surface area contributed by atoms with E-state index in [4.69, 9.17) is 18.0 Å². The number of benzene rings is 2. The summed E-state index contributed by atoms with van der Waals surface area (Å²) in [5.74, 6) is 0.345. The number of nitrogens with one attached hydrogen (secondary N) is 2. The van der Waals surface area contributed by atoms with Gasteiger partial charge in [-0.3, -0.25) is 15.6 Å². The lowest BCUT2D eigenvalue weighted by Crippen LogP contribution is -2.35. The molecule has 3 rings (SSSR count). The molecule has 0 unspecified atom stereocenters. The van der Waals surface area contributed by atoms with E-state index in [9.17, 15) is 4.79 Å². The first-order valence-electron chi connectivity index (χ1n) is 7.64. The van der Waals surface area contributed by atoms with Gasteiger partial charge in [-0.25, -0.2) is 4.68 Å². The predicted octanol–water partition coefficient (Wildman–Crippen LogP) is 2.57. The molecule has 3 aromatic rings. The number of ketones is 1. The van der Waals surface area contributed by atoms with Gasteiger partial charge in [-0.2, -0.15) is 5.10 Å². The van der Waals surface area contributed by atoms with Crippen LogP contribution in [-0.4, -0.2) is 20.7 Å². The van der Waals surface area contributed by atoms with Gasteiger partial charge in [-0.05, 0) is 31.3 Å². The fourth-order valence-corrected chi connectivity index (χ4v) is 2.58. The zero-order valence-corrected chi connectivity index (χ0v) is 14.4. The van der Waals surface area contributed by atoms with Crippen LogP contribution in [0.15, 0.2) is 60.7 Å². The molecule has 1 heterocycles. The molecule has 126 valence electrons. The number of carbonyl (C=O) groups excluding carboxylic acids is 1. The molecule has 0 saturated carbocycles. The van der Waals surface area contributed by atoms with E-state index in [0.29, 0.717) is 22.6 Å². The second-order valence-corrected chi connectivity index (χ2v) is 5.81.